The molecule has 1 aliphatic carbocycles. The van der Waals surface area contributed by atoms with Crippen molar-refractivity contribution in [2.24, 2.45) is 0 Å². The maximum absolute atomic E-state index is 14.0. The highest BCUT2D eigenvalue weighted by Crippen LogP contribution is 2.22. The molecule has 0 spiro atoms. The van der Waals surface area contributed by atoms with Crippen LogP contribution >= 0.6 is 0 Å². The Morgan fingerprint density at radius 3 is 2.18 bits per heavy atom. The van der Waals surface area contributed by atoms with E-state index in [0.29, 0.717) is 31.7 Å². The zero-order chi connectivity index (χ0) is 27.6. The number of nitrogens with zero attached hydrogens (tertiary/aromatic N) is 1. The SMILES string of the molecule is Cc1ccccc1CN(C(=O)CCc1ccc(C(C)C)cc1)C(Cc1ccccc1)C(=O)NC1CCCCC1. The molecule has 1 N–H and O–H groups in total. The van der Waals surface area contributed by atoms with Crippen LogP contribution in [0, 0.1) is 6.92 Å². The fraction of sp³-hybridized carbons (Fsp3) is 0.429. The number of rotatable bonds is 11. The Labute approximate surface area is 234 Å². The summed E-state index contributed by atoms with van der Waals surface area (Å²) in [6, 6.07) is 26.5. The zero-order valence-corrected chi connectivity index (χ0v) is 23.9. The van der Waals surface area contributed by atoms with Gasteiger partial charge in [-0.15, -0.1) is 0 Å². The third-order valence-corrected chi connectivity index (χ3v) is 8.10. The van der Waals surface area contributed by atoms with Gasteiger partial charge in [0.05, 0.1) is 0 Å². The van der Waals surface area contributed by atoms with Gasteiger partial charge in [0.15, 0.2) is 0 Å². The first-order valence-corrected chi connectivity index (χ1v) is 14.7. The predicted octanol–water partition coefficient (Wildman–Crippen LogP) is 7.14. The van der Waals surface area contributed by atoms with Crippen molar-refractivity contribution in [2.75, 3.05) is 0 Å². The second-order valence-corrected chi connectivity index (χ2v) is 11.4. The van der Waals surface area contributed by atoms with Crippen LogP contribution in [0.25, 0.3) is 0 Å². The molecule has 0 aromatic heterocycles. The Morgan fingerprint density at radius 2 is 1.51 bits per heavy atom. The summed E-state index contributed by atoms with van der Waals surface area (Å²) in [6.07, 6.45) is 7.09. The molecule has 1 saturated carbocycles. The normalized spacial score (nSPS) is 14.7. The second-order valence-electron chi connectivity index (χ2n) is 11.4. The molecule has 206 valence electrons. The van der Waals surface area contributed by atoms with Crippen molar-refractivity contribution in [2.45, 2.75) is 96.7 Å². The van der Waals surface area contributed by atoms with Crippen molar-refractivity contribution in [3.05, 3.63) is 107 Å². The average Bonchev–Trinajstić information content (AvgIpc) is 2.95. The van der Waals surface area contributed by atoms with Gasteiger partial charge in [0.1, 0.15) is 6.04 Å². The van der Waals surface area contributed by atoms with Gasteiger partial charge in [-0.05, 0) is 59.9 Å². The highest BCUT2D eigenvalue weighted by Gasteiger charge is 2.32. The van der Waals surface area contributed by atoms with Gasteiger partial charge in [-0.2, -0.15) is 0 Å². The van der Waals surface area contributed by atoms with Crippen molar-refractivity contribution in [3.63, 3.8) is 0 Å². The Kier molecular flexibility index (Phi) is 10.4. The fourth-order valence-corrected chi connectivity index (χ4v) is 5.53. The van der Waals surface area contributed by atoms with Gasteiger partial charge in [-0.25, -0.2) is 0 Å². The number of carbonyl (C=O) groups excluding carboxylic acids is 2. The van der Waals surface area contributed by atoms with E-state index in [2.05, 4.69) is 62.5 Å². The lowest BCUT2D eigenvalue weighted by Gasteiger charge is -2.34. The van der Waals surface area contributed by atoms with Gasteiger partial charge >= 0.3 is 0 Å². The molecule has 0 heterocycles. The standard InChI is InChI=1S/C35H44N2O2/c1-26(2)30-21-18-28(19-22-30)20-23-34(38)37(25-31-15-11-10-12-27(31)3)33(24-29-13-6-4-7-14-29)35(39)36-32-16-8-5-9-17-32/h4,6-7,10-15,18-19,21-22,26,32-33H,5,8-9,16-17,20,23-25H2,1-3H3,(H,36,39). The van der Waals surface area contributed by atoms with Gasteiger partial charge < -0.3 is 10.2 Å². The first-order valence-electron chi connectivity index (χ1n) is 14.7. The highest BCUT2D eigenvalue weighted by atomic mass is 16.2. The number of benzene rings is 3. The van der Waals surface area contributed by atoms with Gasteiger partial charge in [0.2, 0.25) is 11.8 Å². The Bertz CT molecular complexity index is 1200. The molecule has 0 bridgehead atoms. The van der Waals surface area contributed by atoms with Crippen molar-refractivity contribution in [3.8, 4) is 0 Å². The average molecular weight is 525 g/mol. The number of hydrogen-bond acceptors (Lipinski definition) is 2. The van der Waals surface area contributed by atoms with E-state index in [-0.39, 0.29) is 17.9 Å². The molecule has 0 saturated heterocycles. The molecular weight excluding hydrogens is 480 g/mol. The number of hydrogen-bond donors (Lipinski definition) is 1. The molecule has 39 heavy (non-hydrogen) atoms. The predicted molar refractivity (Wildman–Crippen MR) is 160 cm³/mol. The minimum atomic E-state index is -0.565. The summed E-state index contributed by atoms with van der Waals surface area (Å²) in [7, 11) is 0. The molecule has 1 fully saturated rings. The van der Waals surface area contributed by atoms with E-state index in [1.165, 1.54) is 12.0 Å². The van der Waals surface area contributed by atoms with Crippen LogP contribution in [0.2, 0.25) is 0 Å². The van der Waals surface area contributed by atoms with Crippen LogP contribution in [0.1, 0.15) is 86.1 Å². The maximum atomic E-state index is 14.0. The first kappa shape index (κ1) is 28.6. The summed E-state index contributed by atoms with van der Waals surface area (Å²) in [4.78, 5) is 29.7. The Hall–Kier alpha value is -3.40. The van der Waals surface area contributed by atoms with Gasteiger partial charge in [0.25, 0.3) is 0 Å². The first-order chi connectivity index (χ1) is 18.9. The van der Waals surface area contributed by atoms with Gasteiger partial charge in [0, 0.05) is 25.4 Å². The van der Waals surface area contributed by atoms with E-state index >= 15 is 0 Å². The molecule has 2 amide bonds. The minimum absolute atomic E-state index is 0.0194. The van der Waals surface area contributed by atoms with E-state index in [4.69, 9.17) is 0 Å². The van der Waals surface area contributed by atoms with Gasteiger partial charge in [-0.1, -0.05) is 112 Å². The van der Waals surface area contributed by atoms with Crippen molar-refractivity contribution in [1.29, 1.82) is 0 Å². The van der Waals surface area contributed by atoms with Crippen LogP contribution in [0.3, 0.4) is 0 Å². The maximum Gasteiger partial charge on any atom is 0.243 e. The molecule has 4 nitrogen and oxygen atoms in total. The van der Waals surface area contributed by atoms with Crippen LogP contribution < -0.4 is 5.32 Å². The largest absolute Gasteiger partial charge is 0.352 e. The second kappa shape index (κ2) is 14.1. The van der Waals surface area contributed by atoms with Crippen LogP contribution in [0.5, 0.6) is 0 Å². The lowest BCUT2D eigenvalue weighted by molar-refractivity contribution is -0.141. The molecule has 1 unspecified atom stereocenters. The number of carbonyl (C=O) groups is 2. The van der Waals surface area contributed by atoms with E-state index in [1.807, 2.05) is 47.4 Å². The van der Waals surface area contributed by atoms with E-state index in [1.54, 1.807) is 0 Å². The lowest BCUT2D eigenvalue weighted by Crippen LogP contribution is -2.53. The van der Waals surface area contributed by atoms with Crippen molar-refractivity contribution < 1.29 is 9.59 Å². The summed E-state index contributed by atoms with van der Waals surface area (Å²) in [5.74, 6) is 0.464. The summed E-state index contributed by atoms with van der Waals surface area (Å²) in [5, 5.41) is 3.33. The summed E-state index contributed by atoms with van der Waals surface area (Å²) < 4.78 is 0. The Balaban J connectivity index is 1.59. The van der Waals surface area contributed by atoms with E-state index in [9.17, 15) is 9.59 Å². The summed E-state index contributed by atoms with van der Waals surface area (Å²) in [5.41, 5.74) is 5.72. The molecule has 1 aliphatic rings. The molecule has 3 aromatic carbocycles. The van der Waals surface area contributed by atoms with Crippen LogP contribution in [-0.2, 0) is 29.0 Å². The zero-order valence-electron chi connectivity index (χ0n) is 23.9. The Morgan fingerprint density at radius 1 is 0.846 bits per heavy atom. The minimum Gasteiger partial charge on any atom is -0.352 e. The number of amides is 2. The number of nitrogens with one attached hydrogen (secondary N) is 1. The molecule has 1 atom stereocenters. The topological polar surface area (TPSA) is 49.4 Å². The molecule has 0 aliphatic heterocycles. The molecule has 4 rings (SSSR count). The summed E-state index contributed by atoms with van der Waals surface area (Å²) >= 11 is 0. The highest BCUT2D eigenvalue weighted by molar-refractivity contribution is 5.88. The number of aryl methyl sites for hydroxylation is 2. The van der Waals surface area contributed by atoms with Crippen LogP contribution in [0.15, 0.2) is 78.9 Å². The third-order valence-electron chi connectivity index (χ3n) is 8.10. The van der Waals surface area contributed by atoms with Crippen LogP contribution in [0.4, 0.5) is 0 Å². The summed E-state index contributed by atoms with van der Waals surface area (Å²) in [6.45, 7) is 6.87. The molecule has 0 radical (unpaired) electrons. The molecule has 3 aromatic rings. The monoisotopic (exact) mass is 524 g/mol. The smallest absolute Gasteiger partial charge is 0.243 e. The third kappa shape index (κ3) is 8.29. The van der Waals surface area contributed by atoms with E-state index in [0.717, 1.165) is 47.9 Å². The quantitative estimate of drug-likeness (QED) is 0.290. The van der Waals surface area contributed by atoms with Crippen LogP contribution in [-0.4, -0.2) is 28.8 Å². The molecule has 4 heteroatoms. The lowest BCUT2D eigenvalue weighted by atomic mass is 9.94. The van der Waals surface area contributed by atoms with Crippen molar-refractivity contribution in [1.82, 2.24) is 10.2 Å². The molecular formula is C35H44N2O2. The van der Waals surface area contributed by atoms with E-state index < -0.39 is 6.04 Å². The van der Waals surface area contributed by atoms with Gasteiger partial charge in [-0.3, -0.25) is 9.59 Å². The fourth-order valence-electron chi connectivity index (χ4n) is 5.53. The van der Waals surface area contributed by atoms with Crippen molar-refractivity contribution >= 4 is 11.8 Å².